The molecule has 3 N–H and O–H groups in total. The Morgan fingerprint density at radius 2 is 2.12 bits per heavy atom. The number of nitrogens with zero attached hydrogens (tertiary/aromatic N) is 1. The Morgan fingerprint density at radius 3 is 2.82 bits per heavy atom. The average molecular weight is 237 g/mol. The fourth-order valence-electron chi connectivity index (χ4n) is 1.52. The highest BCUT2D eigenvalue weighted by molar-refractivity contribution is 5.73. The van der Waals surface area contributed by atoms with Crippen LogP contribution in [0.25, 0.3) is 0 Å². The van der Waals surface area contributed by atoms with E-state index in [1.54, 1.807) is 22.9 Å². The van der Waals surface area contributed by atoms with Gasteiger partial charge in [-0.05, 0) is 25.5 Å². The maximum absolute atomic E-state index is 11.3. The first-order valence-electron chi connectivity index (χ1n) is 5.84. The minimum absolute atomic E-state index is 0.0167. The van der Waals surface area contributed by atoms with E-state index in [1.807, 2.05) is 6.07 Å². The predicted octanol–water partition coefficient (Wildman–Crippen LogP) is 0.0935. The summed E-state index contributed by atoms with van der Waals surface area (Å²) in [5.41, 5.74) is 5.05. The molecule has 0 radical (unpaired) electrons. The van der Waals surface area contributed by atoms with Crippen LogP contribution in [0.5, 0.6) is 0 Å². The molecule has 0 aliphatic heterocycles. The largest absolute Gasteiger partial charge is 0.370 e. The number of amides is 1. The van der Waals surface area contributed by atoms with Crippen LogP contribution in [0.3, 0.4) is 0 Å². The Morgan fingerprint density at radius 1 is 1.29 bits per heavy atom. The van der Waals surface area contributed by atoms with Gasteiger partial charge < -0.3 is 15.6 Å². The molecule has 1 aromatic rings. The van der Waals surface area contributed by atoms with Crippen molar-refractivity contribution in [2.75, 3.05) is 13.1 Å². The third-order valence-electron chi connectivity index (χ3n) is 2.46. The lowest BCUT2D eigenvalue weighted by Crippen LogP contribution is -2.26. The number of nitrogens with two attached hydrogens (primary N) is 1. The van der Waals surface area contributed by atoms with Crippen molar-refractivity contribution < 1.29 is 4.79 Å². The average Bonchev–Trinajstić information content (AvgIpc) is 2.30. The fraction of sp³-hybridized carbons (Fsp3) is 0.500. The minimum Gasteiger partial charge on any atom is -0.370 e. The molecule has 0 saturated heterocycles. The van der Waals surface area contributed by atoms with Crippen molar-refractivity contribution in [2.45, 2.75) is 25.8 Å². The molecule has 0 saturated carbocycles. The number of aromatic nitrogens is 1. The first-order chi connectivity index (χ1) is 8.20. The highest BCUT2D eigenvalue weighted by Gasteiger charge is 1.95. The third-order valence-corrected chi connectivity index (χ3v) is 2.46. The molecule has 1 amide bonds. The van der Waals surface area contributed by atoms with Gasteiger partial charge in [-0.3, -0.25) is 9.59 Å². The summed E-state index contributed by atoms with van der Waals surface area (Å²) in [5.74, 6) is -0.249. The summed E-state index contributed by atoms with van der Waals surface area (Å²) in [6.07, 6.45) is 3.96. The number of hydrogen-bond acceptors (Lipinski definition) is 3. The second-order valence-corrected chi connectivity index (χ2v) is 3.91. The molecule has 5 nitrogen and oxygen atoms in total. The van der Waals surface area contributed by atoms with Gasteiger partial charge in [0.1, 0.15) is 0 Å². The first-order valence-corrected chi connectivity index (χ1v) is 5.84. The van der Waals surface area contributed by atoms with E-state index in [9.17, 15) is 9.59 Å². The van der Waals surface area contributed by atoms with Crippen LogP contribution in [0.4, 0.5) is 0 Å². The molecule has 0 spiro atoms. The van der Waals surface area contributed by atoms with Crippen molar-refractivity contribution in [1.29, 1.82) is 0 Å². The normalized spacial score (nSPS) is 10.4. The van der Waals surface area contributed by atoms with Crippen LogP contribution >= 0.6 is 0 Å². The zero-order chi connectivity index (χ0) is 12.5. The first kappa shape index (κ1) is 13.4. The number of nitrogens with one attached hydrogen (secondary N) is 1. The number of hydrogen-bond donors (Lipinski definition) is 2. The fourth-order valence-corrected chi connectivity index (χ4v) is 1.52. The van der Waals surface area contributed by atoms with Gasteiger partial charge in [0.15, 0.2) is 0 Å². The molecule has 1 aromatic heterocycles. The summed E-state index contributed by atoms with van der Waals surface area (Å²) in [6, 6.07) is 5.12. The summed E-state index contributed by atoms with van der Waals surface area (Å²) in [4.78, 5) is 21.8. The van der Waals surface area contributed by atoms with Gasteiger partial charge in [0.25, 0.3) is 5.56 Å². The Hall–Kier alpha value is -1.62. The van der Waals surface area contributed by atoms with E-state index in [0.29, 0.717) is 13.0 Å². The van der Waals surface area contributed by atoms with Gasteiger partial charge in [-0.1, -0.05) is 6.07 Å². The van der Waals surface area contributed by atoms with Crippen molar-refractivity contribution in [3.8, 4) is 0 Å². The Kier molecular flexibility index (Phi) is 6.03. The number of carbonyl (C=O) groups excluding carboxylic acids is 1. The van der Waals surface area contributed by atoms with Gasteiger partial charge in [-0.2, -0.15) is 0 Å². The van der Waals surface area contributed by atoms with Gasteiger partial charge in [0.05, 0.1) is 0 Å². The lowest BCUT2D eigenvalue weighted by atomic mass is 10.2. The van der Waals surface area contributed by atoms with Crippen molar-refractivity contribution in [1.82, 2.24) is 9.88 Å². The van der Waals surface area contributed by atoms with E-state index in [0.717, 1.165) is 25.9 Å². The molecule has 0 atom stereocenters. The molecule has 0 aliphatic rings. The molecule has 0 aliphatic carbocycles. The maximum atomic E-state index is 11.3. The van der Waals surface area contributed by atoms with Gasteiger partial charge >= 0.3 is 0 Å². The van der Waals surface area contributed by atoms with Crippen LogP contribution in [-0.4, -0.2) is 23.6 Å². The summed E-state index contributed by atoms with van der Waals surface area (Å²) in [5, 5.41) is 3.22. The SMILES string of the molecule is NC(=O)CCCCNCCn1ccccc1=O. The van der Waals surface area contributed by atoms with E-state index in [2.05, 4.69) is 5.32 Å². The van der Waals surface area contributed by atoms with Crippen LogP contribution in [-0.2, 0) is 11.3 Å². The van der Waals surface area contributed by atoms with Crippen molar-refractivity contribution in [2.24, 2.45) is 5.73 Å². The minimum atomic E-state index is -0.249. The lowest BCUT2D eigenvalue weighted by molar-refractivity contribution is -0.118. The summed E-state index contributed by atoms with van der Waals surface area (Å²) >= 11 is 0. The van der Waals surface area contributed by atoms with Gasteiger partial charge in [0.2, 0.25) is 5.91 Å². The Bertz CT molecular complexity index is 401. The molecular formula is C12H19N3O2. The molecule has 0 aromatic carbocycles. The van der Waals surface area contributed by atoms with Crippen LogP contribution < -0.4 is 16.6 Å². The summed E-state index contributed by atoms with van der Waals surface area (Å²) < 4.78 is 1.66. The standard InChI is InChI=1S/C12H19N3O2/c13-11(16)5-1-3-7-14-8-10-15-9-4-2-6-12(15)17/h2,4,6,9,14H,1,3,5,7-8,10H2,(H2,13,16). The molecular weight excluding hydrogens is 218 g/mol. The second kappa shape index (κ2) is 7.62. The van der Waals surface area contributed by atoms with E-state index in [1.165, 1.54) is 0 Å². The topological polar surface area (TPSA) is 77.1 Å². The molecule has 0 bridgehead atoms. The molecule has 0 fully saturated rings. The molecule has 1 heterocycles. The summed E-state index contributed by atoms with van der Waals surface area (Å²) in [7, 11) is 0. The molecule has 1 rings (SSSR count). The quantitative estimate of drug-likeness (QED) is 0.629. The Labute approximate surface area is 101 Å². The van der Waals surface area contributed by atoms with E-state index < -0.39 is 0 Å². The smallest absolute Gasteiger partial charge is 0.250 e. The second-order valence-electron chi connectivity index (χ2n) is 3.91. The Balaban J connectivity index is 2.07. The van der Waals surface area contributed by atoms with E-state index in [4.69, 9.17) is 5.73 Å². The molecule has 5 heteroatoms. The van der Waals surface area contributed by atoms with Gasteiger partial charge in [0, 0.05) is 31.8 Å². The lowest BCUT2D eigenvalue weighted by Gasteiger charge is -2.06. The van der Waals surface area contributed by atoms with Crippen LogP contribution in [0, 0.1) is 0 Å². The third kappa shape index (κ3) is 5.87. The monoisotopic (exact) mass is 237 g/mol. The van der Waals surface area contributed by atoms with Gasteiger partial charge in [-0.15, -0.1) is 0 Å². The van der Waals surface area contributed by atoms with Crippen molar-refractivity contribution in [3.05, 3.63) is 34.7 Å². The molecule has 94 valence electrons. The summed E-state index contributed by atoms with van der Waals surface area (Å²) in [6.45, 7) is 2.25. The van der Waals surface area contributed by atoms with Crippen LogP contribution in [0.1, 0.15) is 19.3 Å². The van der Waals surface area contributed by atoms with E-state index >= 15 is 0 Å². The van der Waals surface area contributed by atoms with Crippen LogP contribution in [0.2, 0.25) is 0 Å². The van der Waals surface area contributed by atoms with E-state index in [-0.39, 0.29) is 11.5 Å². The highest BCUT2D eigenvalue weighted by Crippen LogP contribution is 1.92. The number of unbranched alkanes of at least 4 members (excludes halogenated alkanes) is 1. The number of carbonyl (C=O) groups is 1. The molecule has 0 unspecified atom stereocenters. The zero-order valence-corrected chi connectivity index (χ0v) is 9.89. The number of rotatable bonds is 8. The van der Waals surface area contributed by atoms with Gasteiger partial charge in [-0.25, -0.2) is 0 Å². The van der Waals surface area contributed by atoms with Crippen molar-refractivity contribution >= 4 is 5.91 Å². The van der Waals surface area contributed by atoms with Crippen molar-refractivity contribution in [3.63, 3.8) is 0 Å². The number of primary amides is 1. The molecule has 17 heavy (non-hydrogen) atoms. The van der Waals surface area contributed by atoms with Crippen LogP contribution in [0.15, 0.2) is 29.2 Å². The highest BCUT2D eigenvalue weighted by atomic mass is 16.1. The predicted molar refractivity (Wildman–Crippen MR) is 66.6 cm³/mol. The number of pyridine rings is 1. The maximum Gasteiger partial charge on any atom is 0.250 e. The zero-order valence-electron chi connectivity index (χ0n) is 9.89.